The molecule has 0 saturated carbocycles. The molecule has 0 fully saturated rings. The van der Waals surface area contributed by atoms with Crippen molar-refractivity contribution in [3.8, 4) is 0 Å². The lowest BCUT2D eigenvalue weighted by molar-refractivity contribution is -0.387. The number of nitro benzene ring substituents is 1. The summed E-state index contributed by atoms with van der Waals surface area (Å²) >= 11 is 6.98. The van der Waals surface area contributed by atoms with Gasteiger partial charge in [-0.3, -0.25) is 19.7 Å². The van der Waals surface area contributed by atoms with Gasteiger partial charge < -0.3 is 14.6 Å². The quantitative estimate of drug-likeness (QED) is 0.297. The minimum absolute atomic E-state index is 0.0721. The number of carbonyl (C=O) groups is 2. The van der Waals surface area contributed by atoms with Crippen LogP contribution < -0.4 is 5.32 Å². The van der Waals surface area contributed by atoms with E-state index in [0.29, 0.717) is 20.6 Å². The van der Waals surface area contributed by atoms with E-state index in [-0.39, 0.29) is 17.7 Å². The molecular weight excluding hydrogens is 458 g/mol. The number of methoxy groups -OCH3 is 1. The molecule has 1 heterocycles. The number of hydrogen-bond acceptors (Lipinski definition) is 8. The summed E-state index contributed by atoms with van der Waals surface area (Å²) in [6.45, 7) is 0. The van der Waals surface area contributed by atoms with Gasteiger partial charge in [-0.2, -0.15) is 0 Å². The van der Waals surface area contributed by atoms with Crippen LogP contribution in [0.15, 0.2) is 58.8 Å². The SMILES string of the molecule is COC(=O)CC(NC(=O)c1ccc(Sc2nncn2C)c([N+](=O)[O-])c1)c1ccc(Cl)cc1. The number of benzene rings is 2. The first-order valence-electron chi connectivity index (χ1n) is 9.22. The van der Waals surface area contributed by atoms with Gasteiger partial charge in [-0.25, -0.2) is 0 Å². The summed E-state index contributed by atoms with van der Waals surface area (Å²) in [6.07, 6.45) is 1.36. The molecule has 0 aliphatic rings. The van der Waals surface area contributed by atoms with E-state index in [1.165, 1.54) is 31.6 Å². The standard InChI is InChI=1S/C20H18ClN5O5S/c1-25-11-22-24-20(25)32-17-8-5-13(9-16(17)26(29)30)19(28)23-15(10-18(27)31-2)12-3-6-14(21)7-4-12/h3-9,11,15H,10H2,1-2H3,(H,23,28). The van der Waals surface area contributed by atoms with Crippen molar-refractivity contribution in [3.63, 3.8) is 0 Å². The van der Waals surface area contributed by atoms with E-state index in [9.17, 15) is 19.7 Å². The highest BCUT2D eigenvalue weighted by atomic mass is 35.5. The lowest BCUT2D eigenvalue weighted by atomic mass is 10.0. The van der Waals surface area contributed by atoms with Gasteiger partial charge in [0, 0.05) is 23.7 Å². The minimum Gasteiger partial charge on any atom is -0.469 e. The third-order valence-corrected chi connectivity index (χ3v) is 5.83. The van der Waals surface area contributed by atoms with Crippen molar-refractivity contribution in [1.29, 1.82) is 0 Å². The van der Waals surface area contributed by atoms with E-state index in [1.807, 2.05) is 0 Å². The van der Waals surface area contributed by atoms with Crippen molar-refractivity contribution in [2.24, 2.45) is 7.05 Å². The predicted molar refractivity (Wildman–Crippen MR) is 117 cm³/mol. The summed E-state index contributed by atoms with van der Waals surface area (Å²) in [7, 11) is 2.97. The van der Waals surface area contributed by atoms with Gasteiger partial charge in [0.05, 0.1) is 29.4 Å². The molecule has 1 unspecified atom stereocenters. The van der Waals surface area contributed by atoms with E-state index in [0.717, 1.165) is 11.8 Å². The third kappa shape index (κ3) is 5.62. The number of aryl methyl sites for hydroxylation is 1. The molecular formula is C20H18ClN5O5S. The predicted octanol–water partition coefficient (Wildman–Crippen LogP) is 3.56. The van der Waals surface area contributed by atoms with E-state index in [4.69, 9.17) is 16.3 Å². The number of esters is 1. The number of nitro groups is 1. The normalized spacial score (nSPS) is 11.6. The molecule has 32 heavy (non-hydrogen) atoms. The summed E-state index contributed by atoms with van der Waals surface area (Å²) < 4.78 is 6.34. The molecule has 12 heteroatoms. The first-order chi connectivity index (χ1) is 15.3. The Labute approximate surface area is 192 Å². The third-order valence-electron chi connectivity index (χ3n) is 4.47. The summed E-state index contributed by atoms with van der Waals surface area (Å²) in [5.74, 6) is -1.10. The van der Waals surface area contributed by atoms with E-state index in [2.05, 4.69) is 15.5 Å². The van der Waals surface area contributed by atoms with Crippen molar-refractivity contribution < 1.29 is 19.2 Å². The lowest BCUT2D eigenvalue weighted by Gasteiger charge is -2.18. The van der Waals surface area contributed by atoms with Crippen LogP contribution in [0.2, 0.25) is 5.02 Å². The maximum atomic E-state index is 12.9. The molecule has 0 radical (unpaired) electrons. The molecule has 0 aliphatic heterocycles. The Bertz CT molecular complexity index is 1150. The fourth-order valence-corrected chi connectivity index (χ4v) is 3.77. The van der Waals surface area contributed by atoms with Gasteiger partial charge in [-0.15, -0.1) is 10.2 Å². The molecule has 3 aromatic rings. The van der Waals surface area contributed by atoms with Crippen molar-refractivity contribution >= 4 is 40.9 Å². The van der Waals surface area contributed by atoms with Crippen molar-refractivity contribution in [2.75, 3.05) is 7.11 Å². The average Bonchev–Trinajstić information content (AvgIpc) is 3.18. The van der Waals surface area contributed by atoms with E-state index >= 15 is 0 Å². The number of amides is 1. The molecule has 1 aromatic heterocycles. The van der Waals surface area contributed by atoms with Crippen LogP contribution in [-0.2, 0) is 16.6 Å². The van der Waals surface area contributed by atoms with E-state index in [1.54, 1.807) is 35.9 Å². The Kier molecular flexibility index (Phi) is 7.44. The molecule has 0 saturated heterocycles. The highest BCUT2D eigenvalue weighted by molar-refractivity contribution is 7.99. The molecule has 10 nitrogen and oxygen atoms in total. The number of carbonyl (C=O) groups excluding carboxylic acids is 2. The second kappa shape index (κ2) is 10.2. The number of ether oxygens (including phenoxy) is 1. The number of nitrogens with zero attached hydrogens (tertiary/aromatic N) is 4. The zero-order chi connectivity index (χ0) is 23.3. The molecule has 166 valence electrons. The smallest absolute Gasteiger partial charge is 0.307 e. The Balaban J connectivity index is 1.86. The Morgan fingerprint density at radius 1 is 1.28 bits per heavy atom. The second-order valence-corrected chi connectivity index (χ2v) is 8.07. The largest absolute Gasteiger partial charge is 0.469 e. The summed E-state index contributed by atoms with van der Waals surface area (Å²) in [5, 5.41) is 23.0. The first kappa shape index (κ1) is 23.2. The maximum absolute atomic E-state index is 12.9. The van der Waals surface area contributed by atoms with Crippen LogP contribution in [0, 0.1) is 10.1 Å². The molecule has 1 amide bonds. The zero-order valence-corrected chi connectivity index (χ0v) is 18.6. The molecule has 3 rings (SSSR count). The van der Waals surface area contributed by atoms with Crippen LogP contribution in [0.1, 0.15) is 28.4 Å². The van der Waals surface area contributed by atoms with Gasteiger partial charge in [0.1, 0.15) is 6.33 Å². The molecule has 0 spiro atoms. The zero-order valence-electron chi connectivity index (χ0n) is 17.0. The monoisotopic (exact) mass is 475 g/mol. The van der Waals surface area contributed by atoms with Gasteiger partial charge >= 0.3 is 5.97 Å². The van der Waals surface area contributed by atoms with Crippen LogP contribution in [-0.4, -0.2) is 38.7 Å². The van der Waals surface area contributed by atoms with Crippen LogP contribution in [0.4, 0.5) is 5.69 Å². The first-order valence-corrected chi connectivity index (χ1v) is 10.4. The lowest BCUT2D eigenvalue weighted by Crippen LogP contribution is -2.30. The summed E-state index contributed by atoms with van der Waals surface area (Å²) in [6, 6.07) is 10.1. The summed E-state index contributed by atoms with van der Waals surface area (Å²) in [5.41, 5.74) is 0.460. The van der Waals surface area contributed by atoms with Gasteiger partial charge in [-0.1, -0.05) is 23.7 Å². The van der Waals surface area contributed by atoms with Crippen molar-refractivity contribution in [1.82, 2.24) is 20.1 Å². The van der Waals surface area contributed by atoms with Crippen molar-refractivity contribution in [3.05, 3.63) is 75.1 Å². The van der Waals surface area contributed by atoms with Crippen LogP contribution in [0.5, 0.6) is 0 Å². The fraction of sp³-hybridized carbons (Fsp3) is 0.200. The van der Waals surface area contributed by atoms with Gasteiger partial charge in [0.15, 0.2) is 5.16 Å². The van der Waals surface area contributed by atoms with Gasteiger partial charge in [0.2, 0.25) is 0 Å². The molecule has 0 bridgehead atoms. The minimum atomic E-state index is -0.709. The Morgan fingerprint density at radius 2 is 2.00 bits per heavy atom. The highest BCUT2D eigenvalue weighted by Gasteiger charge is 2.23. The van der Waals surface area contributed by atoms with E-state index < -0.39 is 22.8 Å². The number of halogens is 1. The molecule has 1 N–H and O–H groups in total. The highest BCUT2D eigenvalue weighted by Crippen LogP contribution is 2.34. The van der Waals surface area contributed by atoms with Crippen LogP contribution in [0.3, 0.4) is 0 Å². The van der Waals surface area contributed by atoms with Crippen LogP contribution in [0.25, 0.3) is 0 Å². The van der Waals surface area contributed by atoms with Crippen molar-refractivity contribution in [2.45, 2.75) is 22.5 Å². The topological polar surface area (TPSA) is 129 Å². The Morgan fingerprint density at radius 3 is 2.59 bits per heavy atom. The Hall–Kier alpha value is -3.44. The van der Waals surface area contributed by atoms with Crippen LogP contribution >= 0.6 is 23.4 Å². The number of aromatic nitrogens is 3. The number of rotatable bonds is 8. The number of hydrogen-bond donors (Lipinski definition) is 1. The van der Waals surface area contributed by atoms with Gasteiger partial charge in [-0.05, 0) is 41.6 Å². The maximum Gasteiger partial charge on any atom is 0.307 e. The summed E-state index contributed by atoms with van der Waals surface area (Å²) in [4.78, 5) is 36.1. The molecule has 0 aliphatic carbocycles. The number of nitrogens with one attached hydrogen (secondary N) is 1. The average molecular weight is 476 g/mol. The molecule has 1 atom stereocenters. The fourth-order valence-electron chi connectivity index (χ4n) is 2.79. The second-order valence-electron chi connectivity index (χ2n) is 6.62. The van der Waals surface area contributed by atoms with Gasteiger partial charge in [0.25, 0.3) is 11.6 Å². The molecule has 2 aromatic carbocycles.